The first-order chi connectivity index (χ1) is 27.3. The predicted molar refractivity (Wildman–Crippen MR) is 240 cm³/mol. The van der Waals surface area contributed by atoms with Gasteiger partial charge in [-0.2, -0.15) is 0 Å². The van der Waals surface area contributed by atoms with E-state index in [9.17, 15) is 9.13 Å². The van der Waals surface area contributed by atoms with E-state index in [0.29, 0.717) is 78.0 Å². The van der Waals surface area contributed by atoms with Crippen LogP contribution in [-0.2, 0) is 27.2 Å². The third kappa shape index (κ3) is 36.0. The van der Waals surface area contributed by atoms with Gasteiger partial charge in [-0.25, -0.2) is 0 Å². The van der Waals surface area contributed by atoms with Crippen molar-refractivity contribution >= 4 is 15.2 Å². The minimum Gasteiger partial charge on any atom is -0.330 e. The van der Waals surface area contributed by atoms with Crippen LogP contribution < -0.4 is 22.9 Å². The van der Waals surface area contributed by atoms with Crippen molar-refractivity contribution in [1.82, 2.24) is 9.80 Å². The number of nitrogens with two attached hydrogens (primary N) is 4. The Kier molecular flexibility index (Phi) is 41.8. The van der Waals surface area contributed by atoms with Gasteiger partial charge in [0.05, 0.1) is 38.8 Å². The van der Waals surface area contributed by atoms with Crippen molar-refractivity contribution in [1.29, 1.82) is 0 Å². The topological polar surface area (TPSA) is 182 Å². The summed E-state index contributed by atoms with van der Waals surface area (Å²) in [5.41, 5.74) is 23.0. The van der Waals surface area contributed by atoms with Crippen LogP contribution in [-0.4, -0.2) is 114 Å². The average Bonchev–Trinajstić information content (AvgIpc) is 3.20. The molecule has 0 saturated carbocycles. The monoisotopic (exact) mass is 841 g/mol. The van der Waals surface area contributed by atoms with Gasteiger partial charge in [0.15, 0.2) is 0 Å². The molecule has 0 fully saturated rings. The van der Waals surface area contributed by atoms with Gasteiger partial charge < -0.3 is 50.8 Å². The molecule has 0 radical (unpaired) electrons. The standard InChI is InChI=1S/C42H94N6O6P2/c1-3-5-7-19-37-51-55(49,41-35-47(31-23-27-43)32-24-28-44)53-39-21-17-15-13-11-9-10-12-14-16-18-22-40-54-56(50,52-38-20-8-6-4-2)42-36-48(33-25-29-45)34-26-30-46/h3-46H2,1-2H3. The van der Waals surface area contributed by atoms with Gasteiger partial charge in [-0.05, 0) is 104 Å². The minimum atomic E-state index is -3.14. The molecule has 0 aliphatic carbocycles. The molecule has 0 bridgehead atoms. The van der Waals surface area contributed by atoms with Crippen molar-refractivity contribution in [2.75, 3.05) is 104 Å². The number of rotatable bonds is 47. The summed E-state index contributed by atoms with van der Waals surface area (Å²) in [4.78, 5) is 4.60. The molecule has 14 heteroatoms. The zero-order valence-corrected chi connectivity index (χ0v) is 38.6. The summed E-state index contributed by atoms with van der Waals surface area (Å²) < 4.78 is 51.3. The maximum Gasteiger partial charge on any atom is 0.331 e. The van der Waals surface area contributed by atoms with E-state index in [4.69, 9.17) is 41.0 Å². The largest absolute Gasteiger partial charge is 0.331 e. The van der Waals surface area contributed by atoms with Crippen molar-refractivity contribution in [3.8, 4) is 0 Å². The molecule has 8 N–H and O–H groups in total. The van der Waals surface area contributed by atoms with E-state index in [1.807, 2.05) is 0 Å². The van der Waals surface area contributed by atoms with Crippen molar-refractivity contribution in [3.05, 3.63) is 0 Å². The van der Waals surface area contributed by atoms with E-state index in [2.05, 4.69) is 23.6 Å². The normalized spacial score (nSPS) is 14.2. The van der Waals surface area contributed by atoms with Crippen molar-refractivity contribution in [2.45, 2.75) is 168 Å². The Hall–Kier alpha value is 0.0600. The van der Waals surface area contributed by atoms with Crippen LogP contribution in [0.15, 0.2) is 0 Å². The average molecular weight is 841 g/mol. The van der Waals surface area contributed by atoms with Crippen LogP contribution in [0.4, 0.5) is 0 Å². The maximum absolute atomic E-state index is 13.7. The van der Waals surface area contributed by atoms with Crippen LogP contribution in [0.25, 0.3) is 0 Å². The maximum atomic E-state index is 13.7. The summed E-state index contributed by atoms with van der Waals surface area (Å²) in [5.74, 6) is 0. The van der Waals surface area contributed by atoms with Gasteiger partial charge in [0, 0.05) is 13.1 Å². The molecule has 0 aromatic rings. The first kappa shape index (κ1) is 56.1. The van der Waals surface area contributed by atoms with E-state index in [1.54, 1.807) is 0 Å². The molecule has 0 saturated heterocycles. The van der Waals surface area contributed by atoms with Gasteiger partial charge >= 0.3 is 15.2 Å². The number of nitrogens with zero attached hydrogens (tertiary/aromatic N) is 2. The summed E-state index contributed by atoms with van der Waals surface area (Å²) >= 11 is 0. The quantitative estimate of drug-likeness (QED) is 0.0337. The van der Waals surface area contributed by atoms with E-state index in [1.165, 1.54) is 64.2 Å². The molecular weight excluding hydrogens is 746 g/mol. The molecule has 0 aromatic heterocycles. The second kappa shape index (κ2) is 41.8. The minimum absolute atomic E-state index is 0.422. The highest BCUT2D eigenvalue weighted by Gasteiger charge is 2.26. The fourth-order valence-corrected chi connectivity index (χ4v) is 9.99. The third-order valence-electron chi connectivity index (χ3n) is 10.3. The van der Waals surface area contributed by atoms with Crippen molar-refractivity contribution in [2.24, 2.45) is 22.9 Å². The molecule has 0 aromatic carbocycles. The molecule has 56 heavy (non-hydrogen) atoms. The van der Waals surface area contributed by atoms with Crippen molar-refractivity contribution < 1.29 is 27.2 Å². The molecule has 2 unspecified atom stereocenters. The molecule has 2 atom stereocenters. The Morgan fingerprint density at radius 1 is 0.339 bits per heavy atom. The first-order valence-electron chi connectivity index (χ1n) is 23.3. The summed E-state index contributed by atoms with van der Waals surface area (Å²) in [7, 11) is -6.28. The molecule has 0 aliphatic rings. The van der Waals surface area contributed by atoms with Crippen LogP contribution in [0, 0.1) is 0 Å². The Bertz CT molecular complexity index is 826. The number of unbranched alkanes of at least 4 members (excludes halogenated alkanes) is 17. The third-order valence-corrected chi connectivity index (χ3v) is 14.1. The molecule has 12 nitrogen and oxygen atoms in total. The van der Waals surface area contributed by atoms with Crippen molar-refractivity contribution in [3.63, 3.8) is 0 Å². The van der Waals surface area contributed by atoms with Gasteiger partial charge in [0.2, 0.25) is 0 Å². The second-order valence-corrected chi connectivity index (χ2v) is 20.0. The number of hydrogen-bond donors (Lipinski definition) is 4. The summed E-state index contributed by atoms with van der Waals surface area (Å²) in [6, 6.07) is 0. The lowest BCUT2D eigenvalue weighted by molar-refractivity contribution is 0.190. The van der Waals surface area contributed by atoms with Crippen LogP contribution in [0.5, 0.6) is 0 Å². The zero-order valence-electron chi connectivity index (χ0n) is 36.8. The van der Waals surface area contributed by atoms with Crippen LogP contribution in [0.2, 0.25) is 0 Å². The molecule has 0 aliphatic heterocycles. The summed E-state index contributed by atoms with van der Waals surface area (Å²) in [6.45, 7) is 13.9. The smallest absolute Gasteiger partial charge is 0.330 e. The molecule has 0 amide bonds. The van der Waals surface area contributed by atoms with Gasteiger partial charge in [0.1, 0.15) is 0 Å². The molecule has 0 spiro atoms. The lowest BCUT2D eigenvalue weighted by Crippen LogP contribution is -2.31. The highest BCUT2D eigenvalue weighted by atomic mass is 31.2. The first-order valence-corrected chi connectivity index (χ1v) is 26.8. The lowest BCUT2D eigenvalue weighted by atomic mass is 10.1. The molecular formula is C42H94N6O6P2. The Balaban J connectivity index is 4.29. The SMILES string of the molecule is CCCCCCOP(=O)(CCN(CCCN)CCCN)OCCCCCCCCCCCCCCOP(=O)(CCN(CCCN)CCCN)OCCCCCC. The van der Waals surface area contributed by atoms with E-state index in [0.717, 1.165) is 116 Å². The highest BCUT2D eigenvalue weighted by Crippen LogP contribution is 2.49. The van der Waals surface area contributed by atoms with Gasteiger partial charge in [-0.1, -0.05) is 117 Å². The van der Waals surface area contributed by atoms with Crippen LogP contribution in [0.1, 0.15) is 168 Å². The molecule has 338 valence electrons. The Morgan fingerprint density at radius 2 is 0.571 bits per heavy atom. The molecule has 0 rings (SSSR count). The zero-order chi connectivity index (χ0) is 41.3. The lowest BCUT2D eigenvalue weighted by Gasteiger charge is -2.25. The summed E-state index contributed by atoms with van der Waals surface area (Å²) in [5, 5.41) is 0. The van der Waals surface area contributed by atoms with E-state index in [-0.39, 0.29) is 0 Å². The second-order valence-electron chi connectivity index (χ2n) is 15.6. The van der Waals surface area contributed by atoms with Crippen LogP contribution >= 0.6 is 15.2 Å². The summed E-state index contributed by atoms with van der Waals surface area (Å²) in [6.07, 6.45) is 27.2. The van der Waals surface area contributed by atoms with Crippen LogP contribution in [0.3, 0.4) is 0 Å². The van der Waals surface area contributed by atoms with E-state index < -0.39 is 15.2 Å². The van der Waals surface area contributed by atoms with Gasteiger partial charge in [0.25, 0.3) is 0 Å². The fourth-order valence-electron chi connectivity index (χ4n) is 6.64. The fraction of sp³-hybridized carbons (Fsp3) is 1.00. The van der Waals surface area contributed by atoms with Gasteiger partial charge in [-0.3, -0.25) is 9.13 Å². The Morgan fingerprint density at radius 3 is 0.804 bits per heavy atom. The van der Waals surface area contributed by atoms with E-state index >= 15 is 0 Å². The molecule has 0 heterocycles. The van der Waals surface area contributed by atoms with Gasteiger partial charge in [-0.15, -0.1) is 0 Å². The number of hydrogen-bond acceptors (Lipinski definition) is 12. The Labute approximate surface area is 346 Å². The highest BCUT2D eigenvalue weighted by molar-refractivity contribution is 7.54. The predicted octanol–water partition coefficient (Wildman–Crippen LogP) is 9.28.